The third kappa shape index (κ3) is 5.33. The molecule has 1 atom stereocenters. The van der Waals surface area contributed by atoms with Crippen molar-refractivity contribution in [1.82, 2.24) is 0 Å². The molecule has 0 amide bonds. The molecule has 0 N–H and O–H groups in total. The molecule has 1 aliphatic rings. The van der Waals surface area contributed by atoms with Crippen molar-refractivity contribution in [3.8, 4) is 0 Å². The Morgan fingerprint density at radius 1 is 1.29 bits per heavy atom. The van der Waals surface area contributed by atoms with Crippen LogP contribution in [-0.2, 0) is 30.3 Å². The first kappa shape index (κ1) is 15.5. The molecule has 0 radical (unpaired) electrons. The van der Waals surface area contributed by atoms with E-state index in [4.69, 9.17) is 30.3 Å². The highest BCUT2D eigenvalue weighted by Crippen LogP contribution is 2.49. The van der Waals surface area contributed by atoms with Crippen molar-refractivity contribution >= 4 is 18.3 Å². The molecule has 0 spiro atoms. The Morgan fingerprint density at radius 3 is 2.29 bits per heavy atom. The van der Waals surface area contributed by atoms with Gasteiger partial charge in [-0.2, -0.15) is 0 Å². The van der Waals surface area contributed by atoms with E-state index in [2.05, 4.69) is 0 Å². The highest BCUT2D eigenvalue weighted by molar-refractivity contribution is 8.09. The topological polar surface area (TPSA) is 36.9 Å². The van der Waals surface area contributed by atoms with Crippen molar-refractivity contribution < 1.29 is 18.5 Å². The summed E-state index contributed by atoms with van der Waals surface area (Å²) in [4.78, 5) is 0. The quantitative estimate of drug-likeness (QED) is 0.671. The number of ether oxygens (including phenoxy) is 2. The fourth-order valence-corrected chi connectivity index (χ4v) is 4.44. The van der Waals surface area contributed by atoms with Crippen molar-refractivity contribution in [3.05, 3.63) is 0 Å². The molecule has 0 aromatic heterocycles. The molecule has 6 heteroatoms. The molecule has 17 heavy (non-hydrogen) atoms. The summed E-state index contributed by atoms with van der Waals surface area (Å²) in [5.41, 5.74) is 0. The molecule has 1 saturated heterocycles. The summed E-state index contributed by atoms with van der Waals surface area (Å²) >= 11 is 5.46. The molecular formula is C11H23O4PS. The molecule has 0 bridgehead atoms. The van der Waals surface area contributed by atoms with E-state index in [0.29, 0.717) is 19.8 Å². The summed E-state index contributed by atoms with van der Waals surface area (Å²) in [5.74, 6) is -0.468. The van der Waals surface area contributed by atoms with Crippen molar-refractivity contribution in [2.45, 2.75) is 46.0 Å². The zero-order valence-corrected chi connectivity index (χ0v) is 12.8. The zero-order chi connectivity index (χ0) is 12.9. The van der Waals surface area contributed by atoms with Crippen molar-refractivity contribution in [2.24, 2.45) is 0 Å². The first-order chi connectivity index (χ1) is 7.91. The summed E-state index contributed by atoms with van der Waals surface area (Å²) in [5, 5.41) is 0. The Bertz CT molecular complexity index is 273. The van der Waals surface area contributed by atoms with Gasteiger partial charge in [-0.1, -0.05) is 0 Å². The highest BCUT2D eigenvalue weighted by Gasteiger charge is 2.33. The van der Waals surface area contributed by atoms with Crippen LogP contribution in [0, 0.1) is 0 Å². The minimum Gasteiger partial charge on any atom is -0.348 e. The van der Waals surface area contributed by atoms with Gasteiger partial charge in [-0.15, -0.1) is 0 Å². The van der Waals surface area contributed by atoms with Crippen LogP contribution in [0.5, 0.6) is 0 Å². The monoisotopic (exact) mass is 282 g/mol. The van der Waals surface area contributed by atoms with Crippen molar-refractivity contribution in [3.63, 3.8) is 0 Å². The van der Waals surface area contributed by atoms with Crippen molar-refractivity contribution in [1.29, 1.82) is 0 Å². The molecule has 1 rings (SSSR count). The average molecular weight is 282 g/mol. The molecule has 1 aliphatic heterocycles. The van der Waals surface area contributed by atoms with Crippen LogP contribution in [0.4, 0.5) is 0 Å². The first-order valence-electron chi connectivity index (χ1n) is 6.10. The van der Waals surface area contributed by atoms with Crippen LogP contribution >= 0.6 is 6.49 Å². The van der Waals surface area contributed by atoms with Gasteiger partial charge >= 0.3 is 0 Å². The average Bonchev–Trinajstić information content (AvgIpc) is 2.56. The predicted molar refractivity (Wildman–Crippen MR) is 71.9 cm³/mol. The summed E-state index contributed by atoms with van der Waals surface area (Å²) < 4.78 is 22.4. The molecule has 4 nitrogen and oxygen atoms in total. The van der Waals surface area contributed by atoms with Crippen LogP contribution < -0.4 is 0 Å². The zero-order valence-electron chi connectivity index (χ0n) is 11.1. The minimum absolute atomic E-state index is 0.105. The van der Waals surface area contributed by atoms with Gasteiger partial charge in [-0.25, -0.2) is 0 Å². The molecule has 0 saturated carbocycles. The lowest BCUT2D eigenvalue weighted by Crippen LogP contribution is -2.22. The third-order valence-electron chi connectivity index (χ3n) is 2.44. The van der Waals surface area contributed by atoms with Gasteiger partial charge < -0.3 is 18.5 Å². The van der Waals surface area contributed by atoms with Gasteiger partial charge in [0.05, 0.1) is 25.9 Å². The minimum atomic E-state index is -2.12. The van der Waals surface area contributed by atoms with E-state index in [0.717, 1.165) is 12.6 Å². The maximum absolute atomic E-state index is 5.74. The Balaban J connectivity index is 2.40. The second kappa shape index (κ2) is 6.60. The standard InChI is InChI=1S/C11H23O4PS/c1-5-13-16(17,14-6-2)8-7-10-9-12-11(3,4)15-10/h10H,5-9H2,1-4H3. The van der Waals surface area contributed by atoms with Crippen LogP contribution in [0.3, 0.4) is 0 Å². The first-order valence-corrected chi connectivity index (χ1v) is 8.93. The van der Waals surface area contributed by atoms with Crippen LogP contribution in [-0.4, -0.2) is 37.9 Å². The van der Waals surface area contributed by atoms with E-state index in [1.807, 2.05) is 27.7 Å². The van der Waals surface area contributed by atoms with Crippen LogP contribution in [0.25, 0.3) is 0 Å². The molecule has 0 aliphatic carbocycles. The summed E-state index contributed by atoms with van der Waals surface area (Å²) in [7, 11) is 0. The van der Waals surface area contributed by atoms with E-state index in [-0.39, 0.29) is 6.10 Å². The van der Waals surface area contributed by atoms with E-state index in [1.165, 1.54) is 0 Å². The lowest BCUT2D eigenvalue weighted by Gasteiger charge is -2.22. The van der Waals surface area contributed by atoms with Crippen LogP contribution in [0.15, 0.2) is 0 Å². The summed E-state index contributed by atoms with van der Waals surface area (Å²) in [6.45, 7) is 7.45. The third-order valence-corrected chi connectivity index (χ3v) is 5.73. The van der Waals surface area contributed by atoms with E-state index < -0.39 is 12.3 Å². The maximum Gasteiger partial charge on any atom is 0.188 e. The van der Waals surface area contributed by atoms with E-state index in [9.17, 15) is 0 Å². The SMILES string of the molecule is CCOP(=S)(CCC1COC(C)(C)O1)OCC. The van der Waals surface area contributed by atoms with Gasteiger partial charge in [-0.05, 0) is 45.9 Å². The Labute approximate surface area is 109 Å². The predicted octanol–water partition coefficient (Wildman–Crippen LogP) is 2.91. The maximum atomic E-state index is 5.74. The van der Waals surface area contributed by atoms with E-state index >= 15 is 0 Å². The van der Waals surface area contributed by atoms with Crippen LogP contribution in [0.1, 0.15) is 34.1 Å². The van der Waals surface area contributed by atoms with Crippen LogP contribution in [0.2, 0.25) is 0 Å². The van der Waals surface area contributed by atoms with Gasteiger partial charge in [0, 0.05) is 6.16 Å². The Kier molecular flexibility index (Phi) is 6.03. The molecule has 1 fully saturated rings. The summed E-state index contributed by atoms with van der Waals surface area (Å²) in [6, 6.07) is 0. The number of hydrogen-bond acceptors (Lipinski definition) is 5. The lowest BCUT2D eigenvalue weighted by atomic mass is 10.3. The molecular weight excluding hydrogens is 259 g/mol. The van der Waals surface area contributed by atoms with Gasteiger partial charge in [0.15, 0.2) is 12.3 Å². The molecule has 0 aromatic rings. The Hall–Kier alpha value is 0.490. The lowest BCUT2D eigenvalue weighted by molar-refractivity contribution is -0.138. The molecule has 1 heterocycles. The molecule has 1 unspecified atom stereocenters. The van der Waals surface area contributed by atoms with Gasteiger partial charge in [0.2, 0.25) is 0 Å². The van der Waals surface area contributed by atoms with E-state index in [1.54, 1.807) is 0 Å². The fraction of sp³-hybridized carbons (Fsp3) is 1.00. The van der Waals surface area contributed by atoms with Crippen molar-refractivity contribution in [2.75, 3.05) is 26.0 Å². The number of hydrogen-bond donors (Lipinski definition) is 0. The van der Waals surface area contributed by atoms with Gasteiger partial charge in [0.25, 0.3) is 0 Å². The second-order valence-corrected chi connectivity index (χ2v) is 8.26. The smallest absolute Gasteiger partial charge is 0.188 e. The number of rotatable bonds is 7. The highest BCUT2D eigenvalue weighted by atomic mass is 32.5. The Morgan fingerprint density at radius 2 is 1.88 bits per heavy atom. The largest absolute Gasteiger partial charge is 0.348 e. The molecule has 0 aromatic carbocycles. The summed E-state index contributed by atoms with van der Waals surface area (Å²) in [6.07, 6.45) is 1.68. The second-order valence-electron chi connectivity index (χ2n) is 4.41. The molecule has 102 valence electrons. The van der Waals surface area contributed by atoms with Gasteiger partial charge in [-0.3, -0.25) is 0 Å². The fourth-order valence-electron chi connectivity index (χ4n) is 1.77. The van der Waals surface area contributed by atoms with Gasteiger partial charge in [0.1, 0.15) is 0 Å². The normalized spacial score (nSPS) is 24.1.